The molecule has 0 saturated heterocycles. The van der Waals surface area contributed by atoms with Crippen LogP contribution in [0.5, 0.6) is 5.75 Å². The Hall–Kier alpha value is -2.51. The molecule has 0 atom stereocenters. The number of benzene rings is 2. The van der Waals surface area contributed by atoms with E-state index in [0.717, 1.165) is 23.0 Å². The molecule has 0 saturated carbocycles. The number of hydrogen-bond donors (Lipinski definition) is 3. The van der Waals surface area contributed by atoms with E-state index in [9.17, 15) is 9.90 Å². The summed E-state index contributed by atoms with van der Waals surface area (Å²) in [5, 5.41) is 14.7. The Bertz CT molecular complexity index is 716. The van der Waals surface area contributed by atoms with Crippen molar-refractivity contribution in [3.8, 4) is 5.75 Å². The highest BCUT2D eigenvalue weighted by Crippen LogP contribution is 2.19. The molecular weight excluding hydrogens is 312 g/mol. The molecule has 0 aliphatic carbocycles. The van der Waals surface area contributed by atoms with Crippen LogP contribution < -0.4 is 16.7 Å². The summed E-state index contributed by atoms with van der Waals surface area (Å²) in [7, 11) is 0. The van der Waals surface area contributed by atoms with Crippen LogP contribution in [-0.2, 0) is 0 Å². The highest BCUT2D eigenvalue weighted by atomic mass is 32.2. The van der Waals surface area contributed by atoms with Crippen molar-refractivity contribution in [3.05, 3.63) is 59.7 Å². The van der Waals surface area contributed by atoms with Crippen molar-refractivity contribution < 1.29 is 9.90 Å². The van der Waals surface area contributed by atoms with E-state index in [-0.39, 0.29) is 17.3 Å². The molecule has 2 aromatic carbocycles. The Morgan fingerprint density at radius 1 is 1.26 bits per heavy atom. The largest absolute Gasteiger partial charge is 0.508 e. The molecule has 6 nitrogen and oxygen atoms in total. The number of carbonyl (C=O) groups is 1. The topological polar surface area (TPSA) is 105 Å². The van der Waals surface area contributed by atoms with E-state index >= 15 is 0 Å². The van der Waals surface area contributed by atoms with Crippen LogP contribution in [-0.4, -0.2) is 21.8 Å². The second-order valence-electron chi connectivity index (χ2n) is 4.88. The Morgan fingerprint density at radius 3 is 2.57 bits per heavy atom. The van der Waals surface area contributed by atoms with E-state index in [4.69, 9.17) is 11.7 Å². The second-order valence-corrected chi connectivity index (χ2v) is 5.82. The zero-order valence-electron chi connectivity index (χ0n) is 12.6. The molecule has 7 heteroatoms. The Kier molecular flexibility index (Phi) is 5.61. The number of ketones is 1. The monoisotopic (exact) mass is 330 g/mol. The number of hydrazone groups is 1. The van der Waals surface area contributed by atoms with Gasteiger partial charge in [0.1, 0.15) is 5.75 Å². The summed E-state index contributed by atoms with van der Waals surface area (Å²) in [6.45, 7) is 1.98. The van der Waals surface area contributed by atoms with Crippen molar-refractivity contribution in [1.29, 1.82) is 0 Å². The van der Waals surface area contributed by atoms with E-state index in [0.29, 0.717) is 10.7 Å². The Labute approximate surface area is 138 Å². The third-order valence-electron chi connectivity index (χ3n) is 3.13. The molecule has 0 radical (unpaired) electrons. The molecule has 120 valence electrons. The van der Waals surface area contributed by atoms with Gasteiger partial charge in [0.25, 0.3) is 0 Å². The number of nitrogens with two attached hydrogens (primary N) is 2. The molecule has 0 aliphatic heterocycles. The molecule has 0 heterocycles. The summed E-state index contributed by atoms with van der Waals surface area (Å²) in [5.74, 6) is 11.4. The van der Waals surface area contributed by atoms with Crippen LogP contribution in [0.1, 0.15) is 15.9 Å². The van der Waals surface area contributed by atoms with Gasteiger partial charge in [-0.2, -0.15) is 5.10 Å². The molecule has 0 bridgehead atoms. The maximum Gasteiger partial charge on any atom is 0.201 e. The molecule has 0 spiro atoms. The highest BCUT2D eigenvalue weighted by Gasteiger charge is 2.14. The van der Waals surface area contributed by atoms with Gasteiger partial charge < -0.3 is 10.9 Å². The third-order valence-corrected chi connectivity index (χ3v) is 4.10. The van der Waals surface area contributed by atoms with Gasteiger partial charge in [-0.05, 0) is 31.2 Å². The first-order valence-corrected chi connectivity index (χ1v) is 7.84. The molecule has 0 fully saturated rings. The summed E-state index contributed by atoms with van der Waals surface area (Å²) in [4.78, 5) is 12.1. The van der Waals surface area contributed by atoms with Gasteiger partial charge in [0.2, 0.25) is 5.17 Å². The molecule has 23 heavy (non-hydrogen) atoms. The maximum absolute atomic E-state index is 12.1. The first-order valence-electron chi connectivity index (χ1n) is 6.85. The molecular formula is C16H18N4O2S. The number of aromatic hydroxyl groups is 1. The second kappa shape index (κ2) is 7.66. The van der Waals surface area contributed by atoms with Gasteiger partial charge in [-0.15, -0.1) is 0 Å². The minimum absolute atomic E-state index is 0.0497. The zero-order chi connectivity index (χ0) is 16.8. The molecule has 0 aromatic heterocycles. The summed E-state index contributed by atoms with van der Waals surface area (Å²) < 4.78 is 0. The van der Waals surface area contributed by atoms with Crippen molar-refractivity contribution in [1.82, 2.24) is 0 Å². The number of anilines is 1. The minimum Gasteiger partial charge on any atom is -0.508 e. The molecule has 0 unspecified atom stereocenters. The maximum atomic E-state index is 12.1. The van der Waals surface area contributed by atoms with Gasteiger partial charge in [0.15, 0.2) is 5.78 Å². The first kappa shape index (κ1) is 16.9. The van der Waals surface area contributed by atoms with Crippen LogP contribution in [0.3, 0.4) is 0 Å². The van der Waals surface area contributed by atoms with E-state index in [1.165, 1.54) is 17.1 Å². The fraction of sp³-hybridized carbons (Fsp3) is 0.125. The highest BCUT2D eigenvalue weighted by molar-refractivity contribution is 8.14. The Morgan fingerprint density at radius 2 is 1.96 bits per heavy atom. The molecule has 2 aromatic rings. The number of rotatable bonds is 4. The zero-order valence-corrected chi connectivity index (χ0v) is 13.5. The van der Waals surface area contributed by atoms with E-state index in [2.05, 4.69) is 5.10 Å². The van der Waals surface area contributed by atoms with Crippen molar-refractivity contribution in [3.63, 3.8) is 0 Å². The van der Waals surface area contributed by atoms with Gasteiger partial charge in [-0.25, -0.2) is 5.84 Å². The normalized spacial score (nSPS) is 11.3. The van der Waals surface area contributed by atoms with Crippen LogP contribution in [0.4, 0.5) is 5.69 Å². The quantitative estimate of drug-likeness (QED) is 0.261. The van der Waals surface area contributed by atoms with Gasteiger partial charge in [-0.3, -0.25) is 9.80 Å². The number of hydrogen-bond acceptors (Lipinski definition) is 6. The lowest BCUT2D eigenvalue weighted by molar-refractivity contribution is 0.102. The molecule has 0 aliphatic rings. The van der Waals surface area contributed by atoms with Gasteiger partial charge >= 0.3 is 0 Å². The van der Waals surface area contributed by atoms with E-state index < -0.39 is 0 Å². The predicted molar refractivity (Wildman–Crippen MR) is 94.4 cm³/mol. The average Bonchev–Trinajstić information content (AvgIpc) is 2.55. The summed E-state index contributed by atoms with van der Waals surface area (Å²) in [6, 6.07) is 13.7. The van der Waals surface area contributed by atoms with E-state index in [1.807, 2.05) is 31.2 Å². The van der Waals surface area contributed by atoms with Crippen LogP contribution in [0.15, 0.2) is 53.6 Å². The average molecular weight is 330 g/mol. The van der Waals surface area contributed by atoms with Crippen LogP contribution >= 0.6 is 11.8 Å². The summed E-state index contributed by atoms with van der Waals surface area (Å²) in [6.07, 6.45) is 0. The van der Waals surface area contributed by atoms with Gasteiger partial charge in [0, 0.05) is 5.56 Å². The van der Waals surface area contributed by atoms with Crippen molar-refractivity contribution >= 4 is 28.4 Å². The minimum atomic E-state index is -0.149. The fourth-order valence-corrected chi connectivity index (χ4v) is 2.62. The molecule has 0 amide bonds. The number of nitrogens with zero attached hydrogens (tertiary/aromatic N) is 2. The van der Waals surface area contributed by atoms with Gasteiger partial charge in [-0.1, -0.05) is 41.6 Å². The first-order chi connectivity index (χ1) is 11.0. The van der Waals surface area contributed by atoms with Crippen LogP contribution in [0, 0.1) is 6.92 Å². The number of Topliss-reactive ketones (excluding diaryl/α,β-unsaturated/α-hetero) is 1. The molecule has 5 N–H and O–H groups in total. The summed E-state index contributed by atoms with van der Waals surface area (Å²) >= 11 is 1.13. The number of hydrazine groups is 1. The van der Waals surface area contributed by atoms with Crippen LogP contribution in [0.25, 0.3) is 0 Å². The summed E-state index contributed by atoms with van der Waals surface area (Å²) in [5.41, 5.74) is 2.25. The number of aryl methyl sites for hydroxylation is 1. The lowest BCUT2D eigenvalue weighted by atomic mass is 10.1. The van der Waals surface area contributed by atoms with Crippen molar-refractivity contribution in [2.24, 2.45) is 16.8 Å². The number of phenolic OH excluding ortho intramolecular Hbond substituents is 1. The third kappa shape index (κ3) is 4.48. The van der Waals surface area contributed by atoms with Crippen molar-refractivity contribution in [2.45, 2.75) is 6.92 Å². The lowest BCUT2D eigenvalue weighted by Crippen LogP contribution is -2.36. The number of thioether (sulfide) groups is 1. The van der Waals surface area contributed by atoms with Crippen molar-refractivity contribution in [2.75, 3.05) is 10.8 Å². The fourth-order valence-electron chi connectivity index (χ4n) is 1.88. The number of amidine groups is 1. The lowest BCUT2D eigenvalue weighted by Gasteiger charge is -2.19. The number of carbonyl (C=O) groups excluding carboxylic acids is 1. The standard InChI is InChI=1S/C16H18N4O2S/c1-11-5-7-13(8-6-11)20(18)16(19-17)23-10-15(22)12-3-2-4-14(21)9-12/h2-9,21H,10,17-18H2,1H3/b19-16+. The molecule has 2 rings (SSSR count). The number of phenols is 1. The smallest absolute Gasteiger partial charge is 0.201 e. The predicted octanol–water partition coefficient (Wildman–Crippen LogP) is 2.23. The van der Waals surface area contributed by atoms with Gasteiger partial charge in [0.05, 0.1) is 11.4 Å². The van der Waals surface area contributed by atoms with E-state index in [1.54, 1.807) is 12.1 Å². The SMILES string of the molecule is Cc1ccc(N(N)/C(=N\N)SCC(=O)c2cccc(O)c2)cc1. The Balaban J connectivity index is 2.02. The van der Waals surface area contributed by atoms with Crippen LogP contribution in [0.2, 0.25) is 0 Å².